The van der Waals surface area contributed by atoms with E-state index in [9.17, 15) is 18.0 Å². The Bertz CT molecular complexity index is 1010. The number of hydrogen-bond donors (Lipinski definition) is 2. The minimum absolute atomic E-state index is 0.0421. The first-order chi connectivity index (χ1) is 17.3. The average Bonchev–Trinajstić information content (AvgIpc) is 3.06. The fraction of sp³-hybridized carbons (Fsp3) is 0.520. The van der Waals surface area contributed by atoms with Crippen molar-refractivity contribution in [1.82, 2.24) is 14.8 Å². The molecule has 2 N–H and O–H groups in total. The molecule has 36 heavy (non-hydrogen) atoms. The summed E-state index contributed by atoms with van der Waals surface area (Å²) in [5.74, 6) is 0.232. The van der Waals surface area contributed by atoms with Gasteiger partial charge >= 0.3 is 6.18 Å². The third-order valence-electron chi connectivity index (χ3n) is 6.43. The highest BCUT2D eigenvalue weighted by Gasteiger charge is 2.34. The lowest BCUT2D eigenvalue weighted by molar-refractivity contribution is -0.137. The van der Waals surface area contributed by atoms with Crippen LogP contribution in [0.3, 0.4) is 0 Å². The van der Waals surface area contributed by atoms with Crippen molar-refractivity contribution in [2.75, 3.05) is 81.6 Å². The number of nitrogens with one attached hydrogen (secondary N) is 2. The molecule has 0 atom stereocenters. The van der Waals surface area contributed by atoms with Gasteiger partial charge < -0.3 is 30.1 Å². The highest BCUT2D eigenvalue weighted by molar-refractivity contribution is 5.77. The third-order valence-corrected chi connectivity index (χ3v) is 6.43. The van der Waals surface area contributed by atoms with Crippen LogP contribution in [-0.4, -0.2) is 86.8 Å². The Hall–Kier alpha value is -3.05. The van der Waals surface area contributed by atoms with Gasteiger partial charge in [-0.3, -0.25) is 4.79 Å². The van der Waals surface area contributed by atoms with E-state index in [0.29, 0.717) is 31.9 Å². The van der Waals surface area contributed by atoms with E-state index in [-0.39, 0.29) is 24.7 Å². The highest BCUT2D eigenvalue weighted by Crippen LogP contribution is 2.36. The Kier molecular flexibility index (Phi) is 8.52. The maximum atomic E-state index is 13.6. The molecule has 2 fully saturated rings. The molecule has 1 amide bonds. The van der Waals surface area contributed by atoms with Gasteiger partial charge in [0.2, 0.25) is 5.91 Å². The molecule has 0 unspecified atom stereocenters. The number of anilines is 4. The van der Waals surface area contributed by atoms with E-state index >= 15 is 0 Å². The van der Waals surface area contributed by atoms with Crippen molar-refractivity contribution in [2.24, 2.45) is 0 Å². The van der Waals surface area contributed by atoms with Crippen LogP contribution in [0.5, 0.6) is 0 Å². The van der Waals surface area contributed by atoms with Gasteiger partial charge in [-0.05, 0) is 44.2 Å². The van der Waals surface area contributed by atoms with Crippen molar-refractivity contribution in [3.8, 4) is 0 Å². The second-order valence-electron chi connectivity index (χ2n) is 9.14. The van der Waals surface area contributed by atoms with E-state index in [1.54, 1.807) is 4.90 Å². The molecule has 4 rings (SSSR count). The van der Waals surface area contributed by atoms with Crippen LogP contribution in [0.25, 0.3) is 0 Å². The molecule has 0 aliphatic carbocycles. The Morgan fingerprint density at radius 2 is 1.83 bits per heavy atom. The van der Waals surface area contributed by atoms with Gasteiger partial charge in [0.1, 0.15) is 12.4 Å². The quantitative estimate of drug-likeness (QED) is 0.530. The second-order valence-corrected chi connectivity index (χ2v) is 9.14. The summed E-state index contributed by atoms with van der Waals surface area (Å²) in [6, 6.07) is 9.20. The number of carbonyl (C=O) groups is 1. The summed E-state index contributed by atoms with van der Waals surface area (Å²) in [5, 5.41) is 5.99. The number of nitrogens with zero attached hydrogens (tertiary/aromatic N) is 4. The van der Waals surface area contributed by atoms with Crippen LogP contribution < -0.4 is 15.5 Å². The van der Waals surface area contributed by atoms with Crippen LogP contribution in [0.4, 0.5) is 36.1 Å². The van der Waals surface area contributed by atoms with Gasteiger partial charge in [0.05, 0.1) is 11.3 Å². The van der Waals surface area contributed by atoms with Crippen LogP contribution in [-0.2, 0) is 15.7 Å². The lowest BCUT2D eigenvalue weighted by atomic mass is 10.2. The van der Waals surface area contributed by atoms with E-state index < -0.39 is 11.7 Å². The number of piperazine rings is 1. The van der Waals surface area contributed by atoms with Gasteiger partial charge in [-0.1, -0.05) is 0 Å². The van der Waals surface area contributed by atoms with Crippen molar-refractivity contribution in [1.29, 1.82) is 0 Å². The molecule has 0 spiro atoms. The number of likely N-dealkylation sites (N-methyl/N-ethyl adjacent to an activating group) is 1. The van der Waals surface area contributed by atoms with Gasteiger partial charge in [0.15, 0.2) is 0 Å². The first-order valence-electron chi connectivity index (χ1n) is 12.3. The van der Waals surface area contributed by atoms with Crippen molar-refractivity contribution in [3.63, 3.8) is 0 Å². The minimum atomic E-state index is -4.53. The Morgan fingerprint density at radius 1 is 1.08 bits per heavy atom. The molecule has 11 heteroatoms. The molecule has 2 saturated heterocycles. The number of aromatic nitrogens is 1. The fourth-order valence-corrected chi connectivity index (χ4v) is 4.33. The molecule has 1 aromatic carbocycles. The normalized spacial score (nSPS) is 17.7. The largest absolute Gasteiger partial charge is 0.419 e. The predicted molar refractivity (Wildman–Crippen MR) is 134 cm³/mol. The van der Waals surface area contributed by atoms with Gasteiger partial charge in [-0.2, -0.15) is 13.2 Å². The number of ether oxygens (including phenoxy) is 1. The van der Waals surface area contributed by atoms with E-state index in [4.69, 9.17) is 4.74 Å². The number of hydrogen-bond acceptors (Lipinski definition) is 7. The number of benzene rings is 1. The molecule has 2 aliphatic rings. The summed E-state index contributed by atoms with van der Waals surface area (Å²) >= 11 is 0. The van der Waals surface area contributed by atoms with Crippen LogP contribution in [0, 0.1) is 0 Å². The molecular weight excluding hydrogens is 473 g/mol. The molecular formula is C25H33F3N6O2. The highest BCUT2D eigenvalue weighted by atomic mass is 19.4. The number of alkyl halides is 3. The lowest BCUT2D eigenvalue weighted by Crippen LogP contribution is -2.44. The molecule has 1 aromatic heterocycles. The zero-order valence-electron chi connectivity index (χ0n) is 20.5. The van der Waals surface area contributed by atoms with E-state index in [0.717, 1.165) is 50.2 Å². The number of amides is 1. The van der Waals surface area contributed by atoms with Crippen molar-refractivity contribution >= 4 is 28.8 Å². The lowest BCUT2D eigenvalue weighted by Gasteiger charge is -2.34. The SMILES string of the molecule is CN1CCN(c2ccc(Nc3cc(NCCCN4CCCOCC4=O)c(C(F)(F)F)cn3)cc2)CC1. The standard InChI is InChI=1S/C25H33F3N6O2/c1-32-11-13-33(14-12-32)20-6-4-19(5-7-20)31-23-16-22(21(17-30-23)25(26,27)28)29-8-2-9-34-10-3-15-36-18-24(34)35/h4-7,16-17H,2-3,8-15,18H2,1H3,(H2,29,30,31). The van der Waals surface area contributed by atoms with Gasteiger partial charge in [-0.25, -0.2) is 4.98 Å². The van der Waals surface area contributed by atoms with Crippen molar-refractivity contribution in [3.05, 3.63) is 42.1 Å². The number of pyridine rings is 1. The zero-order valence-corrected chi connectivity index (χ0v) is 20.5. The van der Waals surface area contributed by atoms with Crippen LogP contribution in [0.1, 0.15) is 18.4 Å². The smallest absolute Gasteiger partial charge is 0.384 e. The minimum Gasteiger partial charge on any atom is -0.384 e. The zero-order chi connectivity index (χ0) is 25.5. The Morgan fingerprint density at radius 3 is 2.56 bits per heavy atom. The van der Waals surface area contributed by atoms with Crippen LogP contribution in [0.2, 0.25) is 0 Å². The van der Waals surface area contributed by atoms with Gasteiger partial charge in [0.25, 0.3) is 0 Å². The predicted octanol–water partition coefficient (Wildman–Crippen LogP) is 3.65. The Balaban J connectivity index is 1.37. The Labute approximate surface area is 209 Å². The maximum Gasteiger partial charge on any atom is 0.419 e. The summed E-state index contributed by atoms with van der Waals surface area (Å²) in [5.41, 5.74) is 0.996. The molecule has 196 valence electrons. The van der Waals surface area contributed by atoms with E-state index in [1.165, 1.54) is 6.07 Å². The van der Waals surface area contributed by atoms with Crippen molar-refractivity contribution in [2.45, 2.75) is 19.0 Å². The van der Waals surface area contributed by atoms with Crippen LogP contribution in [0.15, 0.2) is 36.5 Å². The molecule has 8 nitrogen and oxygen atoms in total. The molecule has 2 aliphatic heterocycles. The molecule has 2 aromatic rings. The topological polar surface area (TPSA) is 73.0 Å². The maximum absolute atomic E-state index is 13.6. The molecule has 3 heterocycles. The summed E-state index contributed by atoms with van der Waals surface area (Å²) in [7, 11) is 2.11. The van der Waals surface area contributed by atoms with Crippen LogP contribution >= 0.6 is 0 Å². The number of halogens is 3. The summed E-state index contributed by atoms with van der Waals surface area (Å²) < 4.78 is 45.9. The fourth-order valence-electron chi connectivity index (χ4n) is 4.33. The monoisotopic (exact) mass is 506 g/mol. The van der Waals surface area contributed by atoms with E-state index in [1.807, 2.05) is 24.3 Å². The van der Waals surface area contributed by atoms with Gasteiger partial charge in [0, 0.05) is 76.1 Å². The van der Waals surface area contributed by atoms with Crippen molar-refractivity contribution < 1.29 is 22.7 Å². The molecule has 0 radical (unpaired) electrons. The van der Waals surface area contributed by atoms with E-state index in [2.05, 4.69) is 32.5 Å². The summed E-state index contributed by atoms with van der Waals surface area (Å²) in [6.45, 7) is 5.88. The average molecular weight is 507 g/mol. The summed E-state index contributed by atoms with van der Waals surface area (Å²) in [4.78, 5) is 22.3. The first kappa shape index (κ1) is 26.0. The third kappa shape index (κ3) is 7.01. The summed E-state index contributed by atoms with van der Waals surface area (Å²) in [6.07, 6.45) is -2.41. The first-order valence-corrected chi connectivity index (χ1v) is 12.3. The second kappa shape index (κ2) is 11.8. The van der Waals surface area contributed by atoms with Gasteiger partial charge in [-0.15, -0.1) is 0 Å². The molecule has 0 bridgehead atoms. The number of rotatable bonds is 8. The number of carbonyl (C=O) groups excluding carboxylic acids is 1. The molecule has 0 saturated carbocycles.